The summed E-state index contributed by atoms with van der Waals surface area (Å²) in [5.41, 5.74) is 0.465. The zero-order valence-corrected chi connectivity index (χ0v) is 10.2. The smallest absolute Gasteiger partial charge is 0.164 e. The highest BCUT2D eigenvalue weighted by Crippen LogP contribution is 2.36. The number of hydrogen-bond donors (Lipinski definition) is 2. The van der Waals surface area contributed by atoms with Gasteiger partial charge in [0.15, 0.2) is 11.5 Å². The van der Waals surface area contributed by atoms with Crippen molar-refractivity contribution in [1.82, 2.24) is 0 Å². The fraction of sp³-hybridized carbons (Fsp3) is 0.538. The molecule has 1 aromatic rings. The highest BCUT2D eigenvalue weighted by atomic mass is 19.1. The molecular formula is C13H17FO4. The Labute approximate surface area is 105 Å². The van der Waals surface area contributed by atoms with E-state index in [1.807, 2.05) is 0 Å². The maximum Gasteiger partial charge on any atom is 0.164 e. The summed E-state index contributed by atoms with van der Waals surface area (Å²) in [6.07, 6.45) is -0.542. The van der Waals surface area contributed by atoms with Gasteiger partial charge in [0.05, 0.1) is 12.7 Å². The predicted molar refractivity (Wildman–Crippen MR) is 63.5 cm³/mol. The quantitative estimate of drug-likeness (QED) is 0.856. The Morgan fingerprint density at radius 1 is 1.28 bits per heavy atom. The van der Waals surface area contributed by atoms with E-state index in [0.717, 1.165) is 0 Å². The monoisotopic (exact) mass is 256 g/mol. The van der Waals surface area contributed by atoms with Crippen molar-refractivity contribution in [3.05, 3.63) is 23.5 Å². The molecule has 1 aromatic carbocycles. The van der Waals surface area contributed by atoms with Crippen LogP contribution >= 0.6 is 0 Å². The van der Waals surface area contributed by atoms with Crippen molar-refractivity contribution in [2.45, 2.75) is 25.4 Å². The van der Waals surface area contributed by atoms with E-state index in [4.69, 9.17) is 14.6 Å². The Hall–Kier alpha value is -1.33. The van der Waals surface area contributed by atoms with Crippen molar-refractivity contribution in [2.24, 2.45) is 0 Å². The molecule has 1 aliphatic rings. The average molecular weight is 256 g/mol. The van der Waals surface area contributed by atoms with Crippen LogP contribution in [0.5, 0.6) is 11.5 Å². The van der Waals surface area contributed by atoms with Crippen LogP contribution < -0.4 is 9.47 Å². The van der Waals surface area contributed by atoms with Crippen LogP contribution in [0, 0.1) is 5.82 Å². The van der Waals surface area contributed by atoms with Gasteiger partial charge in [-0.2, -0.15) is 0 Å². The molecule has 0 bridgehead atoms. The minimum absolute atomic E-state index is 0.206. The fourth-order valence-electron chi connectivity index (χ4n) is 2.07. The highest BCUT2D eigenvalue weighted by Gasteiger charge is 2.20. The summed E-state index contributed by atoms with van der Waals surface area (Å²) in [6.45, 7) is 2.35. The van der Waals surface area contributed by atoms with Gasteiger partial charge in [-0.15, -0.1) is 0 Å². The van der Waals surface area contributed by atoms with E-state index in [2.05, 4.69) is 0 Å². The summed E-state index contributed by atoms with van der Waals surface area (Å²) < 4.78 is 24.6. The summed E-state index contributed by atoms with van der Waals surface area (Å²) >= 11 is 0. The second kappa shape index (κ2) is 5.54. The molecule has 0 saturated heterocycles. The normalized spacial score (nSPS) is 17.3. The minimum Gasteiger partial charge on any atom is -0.486 e. The zero-order valence-electron chi connectivity index (χ0n) is 10.2. The van der Waals surface area contributed by atoms with Gasteiger partial charge in [0.2, 0.25) is 0 Å². The first kappa shape index (κ1) is 13.1. The van der Waals surface area contributed by atoms with Gasteiger partial charge >= 0.3 is 0 Å². The van der Waals surface area contributed by atoms with Crippen LogP contribution in [0.2, 0.25) is 0 Å². The molecule has 4 nitrogen and oxygen atoms in total. The maximum atomic E-state index is 13.9. The third kappa shape index (κ3) is 2.73. The Balaban J connectivity index is 2.22. The average Bonchev–Trinajstić information content (AvgIpc) is 2.37. The lowest BCUT2D eigenvalue weighted by atomic mass is 9.94. The van der Waals surface area contributed by atoms with Crippen LogP contribution in [0.15, 0.2) is 12.1 Å². The van der Waals surface area contributed by atoms with Gasteiger partial charge in [-0.05, 0) is 24.0 Å². The van der Waals surface area contributed by atoms with E-state index >= 15 is 0 Å². The van der Waals surface area contributed by atoms with Gasteiger partial charge in [-0.1, -0.05) is 6.92 Å². The summed E-state index contributed by atoms with van der Waals surface area (Å²) in [5.74, 6) is 0.361. The van der Waals surface area contributed by atoms with E-state index < -0.39 is 6.10 Å². The number of aliphatic hydroxyl groups excluding tert-OH is 2. The van der Waals surface area contributed by atoms with Crippen LogP contribution in [0.3, 0.4) is 0 Å². The van der Waals surface area contributed by atoms with E-state index in [0.29, 0.717) is 36.7 Å². The van der Waals surface area contributed by atoms with Crippen molar-refractivity contribution >= 4 is 0 Å². The first-order valence-electron chi connectivity index (χ1n) is 5.99. The number of benzene rings is 1. The molecule has 0 aliphatic carbocycles. The lowest BCUT2D eigenvalue weighted by Crippen LogP contribution is -2.18. The third-order valence-electron chi connectivity index (χ3n) is 3.03. The SMILES string of the molecule is CC(CC(O)CO)c1cc2c(cc1F)OCCO2. The van der Waals surface area contributed by atoms with Crippen LogP contribution in [0.25, 0.3) is 0 Å². The maximum absolute atomic E-state index is 13.9. The third-order valence-corrected chi connectivity index (χ3v) is 3.03. The molecule has 0 aromatic heterocycles. The van der Waals surface area contributed by atoms with Gasteiger partial charge in [0.1, 0.15) is 19.0 Å². The van der Waals surface area contributed by atoms with E-state index in [-0.39, 0.29) is 18.3 Å². The first-order chi connectivity index (χ1) is 8.61. The number of fused-ring (bicyclic) bond motifs is 1. The van der Waals surface area contributed by atoms with Crippen molar-refractivity contribution in [3.63, 3.8) is 0 Å². The van der Waals surface area contributed by atoms with E-state index in [1.165, 1.54) is 6.07 Å². The second-order valence-corrected chi connectivity index (χ2v) is 4.49. The molecule has 18 heavy (non-hydrogen) atoms. The molecule has 0 saturated carbocycles. The molecule has 1 heterocycles. The van der Waals surface area contributed by atoms with Gasteiger partial charge in [-0.3, -0.25) is 0 Å². The van der Waals surface area contributed by atoms with Crippen LogP contribution in [0.4, 0.5) is 4.39 Å². The van der Waals surface area contributed by atoms with Crippen LogP contribution in [0.1, 0.15) is 24.8 Å². The molecule has 0 spiro atoms. The Morgan fingerprint density at radius 2 is 1.89 bits per heavy atom. The van der Waals surface area contributed by atoms with Crippen LogP contribution in [-0.4, -0.2) is 36.1 Å². The second-order valence-electron chi connectivity index (χ2n) is 4.49. The number of rotatable bonds is 4. The van der Waals surface area contributed by atoms with E-state index in [1.54, 1.807) is 13.0 Å². The molecule has 2 atom stereocenters. The van der Waals surface area contributed by atoms with Gasteiger partial charge in [-0.25, -0.2) is 4.39 Å². The van der Waals surface area contributed by atoms with Gasteiger partial charge in [0, 0.05) is 6.07 Å². The number of hydrogen-bond acceptors (Lipinski definition) is 4. The van der Waals surface area contributed by atoms with Gasteiger partial charge < -0.3 is 19.7 Å². The van der Waals surface area contributed by atoms with Crippen LogP contribution in [-0.2, 0) is 0 Å². The molecular weight excluding hydrogens is 239 g/mol. The minimum atomic E-state index is -0.840. The first-order valence-corrected chi connectivity index (χ1v) is 5.99. The number of halogens is 1. The lowest BCUT2D eigenvalue weighted by Gasteiger charge is -2.22. The molecule has 2 N–H and O–H groups in total. The predicted octanol–water partition coefficient (Wildman–Crippen LogP) is 1.44. The molecule has 2 rings (SSSR count). The Bertz CT molecular complexity index is 422. The lowest BCUT2D eigenvalue weighted by molar-refractivity contribution is 0.0831. The van der Waals surface area contributed by atoms with Gasteiger partial charge in [0.25, 0.3) is 0 Å². The number of aliphatic hydroxyl groups is 2. The van der Waals surface area contributed by atoms with Crippen molar-refractivity contribution in [3.8, 4) is 11.5 Å². The zero-order chi connectivity index (χ0) is 13.1. The topological polar surface area (TPSA) is 58.9 Å². The molecule has 0 fully saturated rings. The Morgan fingerprint density at radius 3 is 2.50 bits per heavy atom. The largest absolute Gasteiger partial charge is 0.486 e. The summed E-state index contributed by atoms with van der Waals surface area (Å²) in [4.78, 5) is 0. The fourth-order valence-corrected chi connectivity index (χ4v) is 2.07. The summed E-state index contributed by atoms with van der Waals surface area (Å²) in [5, 5.41) is 18.2. The summed E-state index contributed by atoms with van der Waals surface area (Å²) in [6, 6.07) is 2.92. The molecule has 2 unspecified atom stereocenters. The molecule has 100 valence electrons. The standard InChI is InChI=1S/C13H17FO4/c1-8(4-9(16)7-15)10-5-12-13(6-11(10)14)18-3-2-17-12/h5-6,8-9,15-16H,2-4,7H2,1H3. The summed E-state index contributed by atoms with van der Waals surface area (Å²) in [7, 11) is 0. The molecule has 5 heteroatoms. The Kier molecular flexibility index (Phi) is 4.04. The molecule has 0 amide bonds. The molecule has 0 radical (unpaired) electrons. The number of ether oxygens (including phenoxy) is 2. The van der Waals surface area contributed by atoms with Crippen molar-refractivity contribution in [1.29, 1.82) is 0 Å². The van der Waals surface area contributed by atoms with E-state index in [9.17, 15) is 9.50 Å². The molecule has 1 aliphatic heterocycles. The van der Waals surface area contributed by atoms with Crippen molar-refractivity contribution < 1.29 is 24.1 Å². The van der Waals surface area contributed by atoms with Crippen molar-refractivity contribution in [2.75, 3.05) is 19.8 Å². The highest BCUT2D eigenvalue weighted by molar-refractivity contribution is 5.45.